The standard InChI is InChI=1S/C25H23N5O2/c1-18(2)23-22(11-8-19-5-4-12-26-15-19)28-25(30-14-13-27-17-30)29-24(23)32-16-20-6-9-21(31-3)10-7-20/h4-7,9-10,12-15,17-18H,16H2,1-3H3. The minimum absolute atomic E-state index is 0.107. The second-order valence-corrected chi connectivity index (χ2v) is 7.34. The number of nitrogens with zero attached hydrogens (tertiary/aromatic N) is 5. The molecule has 7 nitrogen and oxygen atoms in total. The predicted octanol–water partition coefficient (Wildman–Crippen LogP) is 4.17. The first-order valence-corrected chi connectivity index (χ1v) is 10.2. The molecular weight excluding hydrogens is 402 g/mol. The summed E-state index contributed by atoms with van der Waals surface area (Å²) in [7, 11) is 1.65. The molecular formula is C25H23N5O2. The normalized spacial score (nSPS) is 10.5. The van der Waals surface area contributed by atoms with E-state index in [-0.39, 0.29) is 5.92 Å². The first kappa shape index (κ1) is 21.1. The van der Waals surface area contributed by atoms with Crippen LogP contribution in [0.3, 0.4) is 0 Å². The van der Waals surface area contributed by atoms with Crippen molar-refractivity contribution in [3.8, 4) is 29.4 Å². The quantitative estimate of drug-likeness (QED) is 0.432. The zero-order chi connectivity index (χ0) is 22.3. The van der Waals surface area contributed by atoms with E-state index in [1.54, 1.807) is 42.8 Å². The summed E-state index contributed by atoms with van der Waals surface area (Å²) in [6.07, 6.45) is 8.56. The van der Waals surface area contributed by atoms with Crippen molar-refractivity contribution in [1.82, 2.24) is 24.5 Å². The Bertz CT molecular complexity index is 1230. The molecule has 0 radical (unpaired) electrons. The minimum atomic E-state index is 0.107. The van der Waals surface area contributed by atoms with Gasteiger partial charge in [-0.3, -0.25) is 9.55 Å². The summed E-state index contributed by atoms with van der Waals surface area (Å²) in [5, 5.41) is 0. The molecule has 32 heavy (non-hydrogen) atoms. The highest BCUT2D eigenvalue weighted by atomic mass is 16.5. The number of aromatic nitrogens is 5. The van der Waals surface area contributed by atoms with Crippen LogP contribution in [0, 0.1) is 11.8 Å². The zero-order valence-corrected chi connectivity index (χ0v) is 18.2. The SMILES string of the molecule is COc1ccc(COc2nc(-n3ccnc3)nc(C#Cc3cccnc3)c2C(C)C)cc1. The third kappa shape index (κ3) is 4.93. The fraction of sp³-hybridized carbons (Fsp3) is 0.200. The molecule has 0 atom stereocenters. The molecule has 3 heterocycles. The molecule has 160 valence electrons. The molecule has 0 spiro atoms. The molecule has 4 rings (SSSR count). The molecule has 0 N–H and O–H groups in total. The average molecular weight is 425 g/mol. The number of ether oxygens (including phenoxy) is 2. The van der Waals surface area contributed by atoms with Gasteiger partial charge >= 0.3 is 0 Å². The monoisotopic (exact) mass is 425 g/mol. The molecule has 0 amide bonds. The van der Waals surface area contributed by atoms with Crippen LogP contribution in [0.1, 0.15) is 42.1 Å². The van der Waals surface area contributed by atoms with E-state index in [1.165, 1.54) is 0 Å². The van der Waals surface area contributed by atoms with Gasteiger partial charge < -0.3 is 9.47 Å². The van der Waals surface area contributed by atoms with Crippen molar-refractivity contribution in [2.75, 3.05) is 7.11 Å². The van der Waals surface area contributed by atoms with Crippen LogP contribution in [0.25, 0.3) is 5.95 Å². The third-order valence-electron chi connectivity index (χ3n) is 4.73. The summed E-state index contributed by atoms with van der Waals surface area (Å²) in [6, 6.07) is 11.5. The molecule has 4 aromatic rings. The number of methoxy groups -OCH3 is 1. The van der Waals surface area contributed by atoms with Crippen LogP contribution < -0.4 is 9.47 Å². The van der Waals surface area contributed by atoms with Gasteiger partial charge in [0, 0.05) is 30.4 Å². The van der Waals surface area contributed by atoms with Crippen LogP contribution >= 0.6 is 0 Å². The zero-order valence-electron chi connectivity index (χ0n) is 18.2. The van der Waals surface area contributed by atoms with E-state index in [4.69, 9.17) is 14.5 Å². The molecule has 1 aromatic carbocycles. The van der Waals surface area contributed by atoms with Gasteiger partial charge in [0.25, 0.3) is 0 Å². The smallest absolute Gasteiger partial charge is 0.239 e. The van der Waals surface area contributed by atoms with E-state index in [0.29, 0.717) is 24.1 Å². The Morgan fingerprint density at radius 3 is 2.50 bits per heavy atom. The van der Waals surface area contributed by atoms with Crippen molar-refractivity contribution in [2.45, 2.75) is 26.4 Å². The molecule has 7 heteroatoms. The van der Waals surface area contributed by atoms with Crippen molar-refractivity contribution in [1.29, 1.82) is 0 Å². The average Bonchev–Trinajstić information content (AvgIpc) is 3.37. The highest BCUT2D eigenvalue weighted by Crippen LogP contribution is 2.29. The van der Waals surface area contributed by atoms with Gasteiger partial charge in [-0.05, 0) is 41.7 Å². The predicted molar refractivity (Wildman–Crippen MR) is 121 cm³/mol. The molecule has 0 fully saturated rings. The van der Waals surface area contributed by atoms with Crippen LogP contribution in [0.4, 0.5) is 0 Å². The second kappa shape index (κ2) is 9.75. The Kier molecular flexibility index (Phi) is 6.42. The van der Waals surface area contributed by atoms with Gasteiger partial charge in [0.05, 0.1) is 12.7 Å². The molecule has 0 aliphatic heterocycles. The molecule has 0 aliphatic rings. The van der Waals surface area contributed by atoms with Gasteiger partial charge in [-0.15, -0.1) is 0 Å². The summed E-state index contributed by atoms with van der Waals surface area (Å²) >= 11 is 0. The Morgan fingerprint density at radius 2 is 1.84 bits per heavy atom. The molecule has 0 bridgehead atoms. The van der Waals surface area contributed by atoms with Gasteiger partial charge in [-0.2, -0.15) is 4.98 Å². The summed E-state index contributed by atoms with van der Waals surface area (Å²) in [6.45, 7) is 4.51. The number of hydrogen-bond acceptors (Lipinski definition) is 6. The lowest BCUT2D eigenvalue weighted by molar-refractivity contribution is 0.287. The van der Waals surface area contributed by atoms with E-state index >= 15 is 0 Å². The van der Waals surface area contributed by atoms with Crippen molar-refractivity contribution in [2.24, 2.45) is 0 Å². The van der Waals surface area contributed by atoms with Gasteiger partial charge in [0.2, 0.25) is 11.8 Å². The topological polar surface area (TPSA) is 75.0 Å². The summed E-state index contributed by atoms with van der Waals surface area (Å²) in [5.41, 5.74) is 3.29. The van der Waals surface area contributed by atoms with Crippen LogP contribution in [-0.2, 0) is 6.61 Å². The largest absolute Gasteiger partial charge is 0.497 e. The summed E-state index contributed by atoms with van der Waals surface area (Å²) < 4.78 is 13.1. The second-order valence-electron chi connectivity index (χ2n) is 7.34. The van der Waals surface area contributed by atoms with Crippen molar-refractivity contribution >= 4 is 0 Å². The number of imidazole rings is 1. The van der Waals surface area contributed by atoms with Crippen LogP contribution in [0.5, 0.6) is 11.6 Å². The molecule has 0 unspecified atom stereocenters. The lowest BCUT2D eigenvalue weighted by Crippen LogP contribution is -2.10. The fourth-order valence-electron chi connectivity index (χ4n) is 3.10. The maximum atomic E-state index is 6.18. The van der Waals surface area contributed by atoms with Crippen molar-refractivity contribution in [3.63, 3.8) is 0 Å². The van der Waals surface area contributed by atoms with E-state index < -0.39 is 0 Å². The molecule has 3 aromatic heterocycles. The molecule has 0 aliphatic carbocycles. The van der Waals surface area contributed by atoms with Crippen LogP contribution in [0.15, 0.2) is 67.5 Å². The Balaban J connectivity index is 1.74. The highest BCUT2D eigenvalue weighted by molar-refractivity contribution is 5.48. The Labute approximate surface area is 187 Å². The number of rotatable bonds is 6. The number of hydrogen-bond donors (Lipinski definition) is 0. The van der Waals surface area contributed by atoms with Gasteiger partial charge in [0.1, 0.15) is 24.4 Å². The lowest BCUT2D eigenvalue weighted by atomic mass is 10.0. The molecule has 0 saturated carbocycles. The summed E-state index contributed by atoms with van der Waals surface area (Å²) in [4.78, 5) is 17.6. The first-order chi connectivity index (χ1) is 15.6. The lowest BCUT2D eigenvalue weighted by Gasteiger charge is -2.16. The van der Waals surface area contributed by atoms with Gasteiger partial charge in [-0.25, -0.2) is 9.97 Å². The Hall–Kier alpha value is -4.18. The van der Waals surface area contributed by atoms with Crippen LogP contribution in [-0.4, -0.2) is 31.6 Å². The van der Waals surface area contributed by atoms with E-state index in [9.17, 15) is 0 Å². The maximum Gasteiger partial charge on any atom is 0.239 e. The fourth-order valence-corrected chi connectivity index (χ4v) is 3.10. The van der Waals surface area contributed by atoms with Crippen molar-refractivity contribution in [3.05, 3.63) is 89.9 Å². The maximum absolute atomic E-state index is 6.18. The third-order valence-corrected chi connectivity index (χ3v) is 4.73. The molecule has 0 saturated heterocycles. The van der Waals surface area contributed by atoms with Gasteiger partial charge in [0.15, 0.2) is 0 Å². The summed E-state index contributed by atoms with van der Waals surface area (Å²) in [5.74, 6) is 8.20. The minimum Gasteiger partial charge on any atom is -0.497 e. The Morgan fingerprint density at radius 1 is 1.00 bits per heavy atom. The number of benzene rings is 1. The number of pyridine rings is 1. The van der Waals surface area contributed by atoms with E-state index in [2.05, 4.69) is 40.6 Å². The van der Waals surface area contributed by atoms with E-state index in [0.717, 1.165) is 22.4 Å². The van der Waals surface area contributed by atoms with Crippen LogP contribution in [0.2, 0.25) is 0 Å². The van der Waals surface area contributed by atoms with E-state index in [1.807, 2.05) is 36.4 Å². The first-order valence-electron chi connectivity index (χ1n) is 10.2. The highest BCUT2D eigenvalue weighted by Gasteiger charge is 2.19. The van der Waals surface area contributed by atoms with Gasteiger partial charge in [-0.1, -0.05) is 31.9 Å². The van der Waals surface area contributed by atoms with Crippen molar-refractivity contribution < 1.29 is 9.47 Å².